The Balaban J connectivity index is 2.06. The lowest BCUT2D eigenvalue weighted by Gasteiger charge is -2.22. The Morgan fingerprint density at radius 1 is 1.30 bits per heavy atom. The molecule has 0 aliphatic heterocycles. The highest BCUT2D eigenvalue weighted by Gasteiger charge is 2.16. The van der Waals surface area contributed by atoms with Crippen molar-refractivity contribution in [1.29, 1.82) is 0 Å². The van der Waals surface area contributed by atoms with Crippen LogP contribution in [-0.2, 0) is 0 Å². The average molecular weight is 273 g/mol. The second kappa shape index (κ2) is 6.71. The fraction of sp³-hybridized carbons (Fsp3) is 0.471. The van der Waals surface area contributed by atoms with Crippen molar-refractivity contribution in [2.75, 3.05) is 19.6 Å². The van der Waals surface area contributed by atoms with Gasteiger partial charge in [0.05, 0.1) is 6.54 Å². The summed E-state index contributed by atoms with van der Waals surface area (Å²) in [6.07, 6.45) is 1.13. The van der Waals surface area contributed by atoms with Crippen molar-refractivity contribution in [1.82, 2.24) is 4.90 Å². The summed E-state index contributed by atoms with van der Waals surface area (Å²) in [4.78, 5) is 14.5. The van der Waals surface area contributed by atoms with Gasteiger partial charge in [0.25, 0.3) is 0 Å². The summed E-state index contributed by atoms with van der Waals surface area (Å²) < 4.78 is 5.63. The molecule has 20 heavy (non-hydrogen) atoms. The van der Waals surface area contributed by atoms with Crippen LogP contribution in [-0.4, -0.2) is 30.3 Å². The summed E-state index contributed by atoms with van der Waals surface area (Å²) in [7, 11) is 0. The van der Waals surface area contributed by atoms with Crippen molar-refractivity contribution in [3.63, 3.8) is 0 Å². The minimum Gasteiger partial charge on any atom is -0.453 e. The second-order valence-corrected chi connectivity index (χ2v) is 5.41. The van der Waals surface area contributed by atoms with Crippen LogP contribution in [0.3, 0.4) is 0 Å². The molecular weight excluding hydrogens is 250 g/mol. The Labute approximate surface area is 120 Å². The normalized spacial score (nSPS) is 13.0. The van der Waals surface area contributed by atoms with E-state index in [4.69, 9.17) is 4.42 Å². The van der Waals surface area contributed by atoms with Gasteiger partial charge >= 0.3 is 0 Å². The van der Waals surface area contributed by atoms with Crippen LogP contribution in [0.1, 0.15) is 37.7 Å². The highest BCUT2D eigenvalue weighted by Crippen LogP contribution is 2.19. The molecule has 108 valence electrons. The lowest BCUT2D eigenvalue weighted by atomic mass is 10.1. The first kappa shape index (κ1) is 14.8. The summed E-state index contributed by atoms with van der Waals surface area (Å²) in [5, 5.41) is 0.987. The van der Waals surface area contributed by atoms with E-state index in [0.717, 1.165) is 30.5 Å². The van der Waals surface area contributed by atoms with E-state index in [0.29, 0.717) is 18.2 Å². The van der Waals surface area contributed by atoms with E-state index < -0.39 is 0 Å². The number of para-hydroxylation sites is 1. The van der Waals surface area contributed by atoms with E-state index in [9.17, 15) is 4.79 Å². The van der Waals surface area contributed by atoms with Crippen molar-refractivity contribution >= 4 is 16.8 Å². The summed E-state index contributed by atoms with van der Waals surface area (Å²) in [5.41, 5.74) is 0.779. The SMILES string of the molecule is CCC(C)CN(CC)CC(=O)c1cc2ccccc2o1. The van der Waals surface area contributed by atoms with E-state index in [2.05, 4.69) is 25.7 Å². The molecule has 0 saturated carbocycles. The molecule has 0 N–H and O–H groups in total. The number of likely N-dealkylation sites (N-methyl/N-ethyl adjacent to an activating group) is 1. The summed E-state index contributed by atoms with van der Waals surface area (Å²) in [6, 6.07) is 9.57. The number of benzene rings is 1. The number of fused-ring (bicyclic) bond motifs is 1. The molecule has 0 radical (unpaired) electrons. The van der Waals surface area contributed by atoms with Gasteiger partial charge in [0, 0.05) is 11.9 Å². The van der Waals surface area contributed by atoms with Crippen LogP contribution in [0.2, 0.25) is 0 Å². The van der Waals surface area contributed by atoms with Crippen LogP contribution in [0.25, 0.3) is 11.0 Å². The Morgan fingerprint density at radius 3 is 2.70 bits per heavy atom. The van der Waals surface area contributed by atoms with Gasteiger partial charge in [0.15, 0.2) is 5.76 Å². The molecule has 0 aliphatic rings. The molecule has 1 atom stereocenters. The number of nitrogens with zero attached hydrogens (tertiary/aromatic N) is 1. The average Bonchev–Trinajstić information content (AvgIpc) is 2.90. The molecule has 3 heteroatoms. The summed E-state index contributed by atoms with van der Waals surface area (Å²) >= 11 is 0. The molecule has 0 spiro atoms. The monoisotopic (exact) mass is 273 g/mol. The van der Waals surface area contributed by atoms with Gasteiger partial charge in [0.1, 0.15) is 5.58 Å². The van der Waals surface area contributed by atoms with Gasteiger partial charge in [0.2, 0.25) is 5.78 Å². The first-order chi connectivity index (χ1) is 9.63. The van der Waals surface area contributed by atoms with E-state index in [1.165, 1.54) is 0 Å². The van der Waals surface area contributed by atoms with Crippen molar-refractivity contribution in [2.45, 2.75) is 27.2 Å². The molecule has 2 rings (SSSR count). The Hall–Kier alpha value is -1.61. The maximum absolute atomic E-state index is 12.3. The van der Waals surface area contributed by atoms with Crippen LogP contribution in [0.4, 0.5) is 0 Å². The second-order valence-electron chi connectivity index (χ2n) is 5.41. The first-order valence-corrected chi connectivity index (χ1v) is 7.38. The fourth-order valence-corrected chi connectivity index (χ4v) is 2.28. The smallest absolute Gasteiger partial charge is 0.211 e. The molecular formula is C17H23NO2. The number of carbonyl (C=O) groups is 1. The molecule has 1 aromatic heterocycles. The van der Waals surface area contributed by atoms with Crippen molar-refractivity contribution in [2.24, 2.45) is 5.92 Å². The maximum atomic E-state index is 12.3. The van der Waals surface area contributed by atoms with E-state index in [1.54, 1.807) is 0 Å². The van der Waals surface area contributed by atoms with E-state index >= 15 is 0 Å². The predicted molar refractivity (Wildman–Crippen MR) is 82.1 cm³/mol. The van der Waals surface area contributed by atoms with Crippen molar-refractivity contribution in [3.8, 4) is 0 Å². The van der Waals surface area contributed by atoms with E-state index in [-0.39, 0.29) is 5.78 Å². The van der Waals surface area contributed by atoms with Crippen LogP contribution in [0.15, 0.2) is 34.7 Å². The lowest BCUT2D eigenvalue weighted by Crippen LogP contribution is -2.33. The molecule has 0 amide bonds. The Kier molecular flexibility index (Phi) is 4.96. The molecule has 0 aliphatic carbocycles. The third-order valence-electron chi connectivity index (χ3n) is 3.78. The van der Waals surface area contributed by atoms with Gasteiger partial charge in [-0.2, -0.15) is 0 Å². The van der Waals surface area contributed by atoms with Crippen molar-refractivity contribution in [3.05, 3.63) is 36.1 Å². The van der Waals surface area contributed by atoms with Gasteiger partial charge in [-0.1, -0.05) is 45.4 Å². The largest absolute Gasteiger partial charge is 0.453 e. The number of Topliss-reactive ketones (excluding diaryl/α,β-unsaturated/α-hetero) is 1. The quantitative estimate of drug-likeness (QED) is 0.715. The molecule has 3 nitrogen and oxygen atoms in total. The van der Waals surface area contributed by atoms with Crippen LogP contribution in [0.5, 0.6) is 0 Å². The molecule has 2 aromatic rings. The number of furan rings is 1. The first-order valence-electron chi connectivity index (χ1n) is 7.38. The topological polar surface area (TPSA) is 33.5 Å². The molecule has 1 aromatic carbocycles. The maximum Gasteiger partial charge on any atom is 0.211 e. The van der Waals surface area contributed by atoms with Crippen LogP contribution in [0, 0.1) is 5.92 Å². The van der Waals surface area contributed by atoms with Crippen LogP contribution < -0.4 is 0 Å². The van der Waals surface area contributed by atoms with Crippen LogP contribution >= 0.6 is 0 Å². The zero-order valence-corrected chi connectivity index (χ0v) is 12.6. The minimum absolute atomic E-state index is 0.0614. The number of carbonyl (C=O) groups excluding carboxylic acids is 1. The lowest BCUT2D eigenvalue weighted by molar-refractivity contribution is 0.0898. The minimum atomic E-state index is 0.0614. The Morgan fingerprint density at radius 2 is 2.05 bits per heavy atom. The van der Waals surface area contributed by atoms with Gasteiger partial charge in [-0.3, -0.25) is 9.69 Å². The molecule has 1 unspecified atom stereocenters. The molecule has 0 fully saturated rings. The van der Waals surface area contributed by atoms with Crippen molar-refractivity contribution < 1.29 is 9.21 Å². The predicted octanol–water partition coefficient (Wildman–Crippen LogP) is 3.98. The molecule has 1 heterocycles. The summed E-state index contributed by atoms with van der Waals surface area (Å²) in [5.74, 6) is 1.14. The number of ketones is 1. The third-order valence-corrected chi connectivity index (χ3v) is 3.78. The zero-order valence-electron chi connectivity index (χ0n) is 12.6. The molecule has 0 bridgehead atoms. The third kappa shape index (κ3) is 3.48. The molecule has 0 saturated heterocycles. The standard InChI is InChI=1S/C17H23NO2/c1-4-13(3)11-18(5-2)12-15(19)17-10-14-8-6-7-9-16(14)20-17/h6-10,13H,4-5,11-12H2,1-3H3. The number of rotatable bonds is 7. The Bertz CT molecular complexity index is 540. The van der Waals surface area contributed by atoms with Gasteiger partial charge in [-0.05, 0) is 24.6 Å². The zero-order chi connectivity index (χ0) is 14.5. The van der Waals surface area contributed by atoms with E-state index in [1.807, 2.05) is 30.3 Å². The highest BCUT2D eigenvalue weighted by molar-refractivity contribution is 5.98. The van der Waals surface area contributed by atoms with Gasteiger partial charge in [-0.15, -0.1) is 0 Å². The van der Waals surface area contributed by atoms with Gasteiger partial charge < -0.3 is 4.42 Å². The summed E-state index contributed by atoms with van der Waals surface area (Å²) in [6.45, 7) is 8.76. The number of hydrogen-bond donors (Lipinski definition) is 0. The fourth-order valence-electron chi connectivity index (χ4n) is 2.28. The highest BCUT2D eigenvalue weighted by atomic mass is 16.3. The van der Waals surface area contributed by atoms with Gasteiger partial charge in [-0.25, -0.2) is 0 Å². The number of hydrogen-bond acceptors (Lipinski definition) is 3.